The van der Waals surface area contributed by atoms with Gasteiger partial charge in [-0.15, -0.1) is 0 Å². The summed E-state index contributed by atoms with van der Waals surface area (Å²) in [6.07, 6.45) is 2.12. The van der Waals surface area contributed by atoms with Gasteiger partial charge in [0.2, 0.25) is 21.8 Å². The Morgan fingerprint density at radius 2 is 1.71 bits per heavy atom. The first kappa shape index (κ1) is 22.5. The van der Waals surface area contributed by atoms with Crippen molar-refractivity contribution in [2.75, 3.05) is 14.1 Å². The van der Waals surface area contributed by atoms with Crippen LogP contribution in [0.1, 0.15) is 18.1 Å². The molecule has 0 aliphatic heterocycles. The SMILES string of the molecule is CC(=O)N[C@H](Cc1c[nH]c2ccccc12)C(=O)NCc1ccccc1S(=O)(=O)N(C)C. The number of para-hydroxylation sites is 1. The number of nitrogens with zero attached hydrogens (tertiary/aromatic N) is 1. The van der Waals surface area contributed by atoms with E-state index in [1.807, 2.05) is 30.5 Å². The summed E-state index contributed by atoms with van der Waals surface area (Å²) in [7, 11) is -0.738. The lowest BCUT2D eigenvalue weighted by Crippen LogP contribution is -2.47. The van der Waals surface area contributed by atoms with Crippen LogP contribution in [0.5, 0.6) is 0 Å². The van der Waals surface area contributed by atoms with Gasteiger partial charge in [0.1, 0.15) is 6.04 Å². The fraction of sp³-hybridized carbons (Fsp3) is 0.273. The second-order valence-electron chi connectivity index (χ2n) is 7.43. The first-order valence-electron chi connectivity index (χ1n) is 9.80. The molecule has 31 heavy (non-hydrogen) atoms. The quantitative estimate of drug-likeness (QED) is 0.494. The molecule has 0 saturated carbocycles. The fourth-order valence-electron chi connectivity index (χ4n) is 3.38. The van der Waals surface area contributed by atoms with Crippen molar-refractivity contribution in [1.29, 1.82) is 0 Å². The van der Waals surface area contributed by atoms with Gasteiger partial charge in [-0.2, -0.15) is 0 Å². The van der Waals surface area contributed by atoms with E-state index in [-0.39, 0.29) is 17.3 Å². The average Bonchev–Trinajstić information content (AvgIpc) is 3.14. The minimum Gasteiger partial charge on any atom is -0.361 e. The van der Waals surface area contributed by atoms with Crippen molar-refractivity contribution in [3.8, 4) is 0 Å². The molecule has 1 atom stereocenters. The molecule has 0 bridgehead atoms. The molecule has 3 aromatic rings. The fourth-order valence-corrected chi connectivity index (χ4v) is 4.49. The molecule has 0 radical (unpaired) electrons. The number of aromatic nitrogens is 1. The molecule has 9 heteroatoms. The maximum absolute atomic E-state index is 12.9. The first-order chi connectivity index (χ1) is 14.7. The minimum absolute atomic E-state index is 0.0199. The van der Waals surface area contributed by atoms with Crippen molar-refractivity contribution in [2.45, 2.75) is 30.8 Å². The van der Waals surface area contributed by atoms with Crippen LogP contribution in [-0.2, 0) is 32.6 Å². The summed E-state index contributed by atoms with van der Waals surface area (Å²) in [6, 6.07) is 13.4. The van der Waals surface area contributed by atoms with Crippen LogP contribution in [0.25, 0.3) is 10.9 Å². The molecular formula is C22H26N4O4S. The predicted molar refractivity (Wildman–Crippen MR) is 119 cm³/mol. The molecule has 1 aromatic heterocycles. The van der Waals surface area contributed by atoms with Gasteiger partial charge >= 0.3 is 0 Å². The molecule has 2 amide bonds. The van der Waals surface area contributed by atoms with Crippen LogP contribution in [-0.4, -0.2) is 49.7 Å². The number of aromatic amines is 1. The number of carbonyl (C=O) groups excluding carboxylic acids is 2. The molecule has 0 fully saturated rings. The van der Waals surface area contributed by atoms with Gasteiger partial charge in [0.05, 0.1) is 4.90 Å². The van der Waals surface area contributed by atoms with Gasteiger partial charge in [0.15, 0.2) is 0 Å². The molecule has 0 unspecified atom stereocenters. The number of hydrogen-bond acceptors (Lipinski definition) is 4. The standard InChI is InChI=1S/C22H26N4O4S/c1-15(27)25-20(12-17-14-23-19-10-6-5-9-18(17)19)22(28)24-13-16-8-4-7-11-21(16)31(29,30)26(2)3/h4-11,14,20,23H,12-13H2,1-3H3,(H,24,28)(H,25,27)/t20-/m1/s1. The number of fused-ring (bicyclic) bond motifs is 1. The number of nitrogens with one attached hydrogen (secondary N) is 3. The zero-order chi connectivity index (χ0) is 22.6. The van der Waals surface area contributed by atoms with Gasteiger partial charge in [0, 0.05) is 51.1 Å². The number of sulfonamides is 1. The van der Waals surface area contributed by atoms with Gasteiger partial charge in [-0.1, -0.05) is 36.4 Å². The van der Waals surface area contributed by atoms with Crippen LogP contribution in [0.3, 0.4) is 0 Å². The van der Waals surface area contributed by atoms with E-state index in [1.165, 1.54) is 27.1 Å². The lowest BCUT2D eigenvalue weighted by Gasteiger charge is -2.19. The van der Waals surface area contributed by atoms with Crippen molar-refractivity contribution in [2.24, 2.45) is 0 Å². The Kier molecular flexibility index (Phi) is 6.77. The topological polar surface area (TPSA) is 111 Å². The van der Waals surface area contributed by atoms with Crippen LogP contribution in [0.4, 0.5) is 0 Å². The zero-order valence-electron chi connectivity index (χ0n) is 17.7. The normalized spacial score (nSPS) is 12.6. The third kappa shape index (κ3) is 5.12. The van der Waals surface area contributed by atoms with E-state index in [1.54, 1.807) is 18.2 Å². The van der Waals surface area contributed by atoms with E-state index in [4.69, 9.17) is 0 Å². The number of benzene rings is 2. The van der Waals surface area contributed by atoms with Crippen molar-refractivity contribution in [1.82, 2.24) is 19.9 Å². The Morgan fingerprint density at radius 3 is 2.42 bits per heavy atom. The van der Waals surface area contributed by atoms with Crippen molar-refractivity contribution < 1.29 is 18.0 Å². The second-order valence-corrected chi connectivity index (χ2v) is 9.55. The van der Waals surface area contributed by atoms with Gasteiger partial charge in [-0.05, 0) is 23.3 Å². The smallest absolute Gasteiger partial charge is 0.243 e. The highest BCUT2D eigenvalue weighted by molar-refractivity contribution is 7.89. The van der Waals surface area contributed by atoms with E-state index >= 15 is 0 Å². The van der Waals surface area contributed by atoms with Crippen molar-refractivity contribution in [3.05, 3.63) is 65.9 Å². The van der Waals surface area contributed by atoms with E-state index in [0.29, 0.717) is 12.0 Å². The summed E-state index contributed by atoms with van der Waals surface area (Å²) in [6.45, 7) is 1.38. The van der Waals surface area contributed by atoms with Gasteiger partial charge in [-0.3, -0.25) is 9.59 Å². The van der Waals surface area contributed by atoms with E-state index in [0.717, 1.165) is 20.8 Å². The molecule has 0 saturated heterocycles. The highest BCUT2D eigenvalue weighted by atomic mass is 32.2. The van der Waals surface area contributed by atoms with Crippen molar-refractivity contribution in [3.63, 3.8) is 0 Å². The van der Waals surface area contributed by atoms with E-state index in [9.17, 15) is 18.0 Å². The van der Waals surface area contributed by atoms with Gasteiger partial charge in [0.25, 0.3) is 0 Å². The highest BCUT2D eigenvalue weighted by Gasteiger charge is 2.24. The molecule has 0 aliphatic carbocycles. The highest BCUT2D eigenvalue weighted by Crippen LogP contribution is 2.20. The minimum atomic E-state index is -3.65. The number of amides is 2. The molecule has 0 spiro atoms. The van der Waals surface area contributed by atoms with Crippen LogP contribution in [0.2, 0.25) is 0 Å². The van der Waals surface area contributed by atoms with Crippen molar-refractivity contribution >= 4 is 32.7 Å². The largest absolute Gasteiger partial charge is 0.361 e. The number of rotatable bonds is 8. The molecule has 3 N–H and O–H groups in total. The van der Waals surface area contributed by atoms with E-state index in [2.05, 4.69) is 15.6 Å². The van der Waals surface area contributed by atoms with E-state index < -0.39 is 22.0 Å². The summed E-state index contributed by atoms with van der Waals surface area (Å²) in [4.78, 5) is 27.9. The summed E-state index contributed by atoms with van der Waals surface area (Å²) in [5.74, 6) is -0.715. The Morgan fingerprint density at radius 1 is 1.03 bits per heavy atom. The zero-order valence-corrected chi connectivity index (χ0v) is 18.5. The van der Waals surface area contributed by atoms with Crippen LogP contribution in [0, 0.1) is 0 Å². The number of carbonyl (C=O) groups is 2. The first-order valence-corrected chi connectivity index (χ1v) is 11.2. The summed E-state index contributed by atoms with van der Waals surface area (Å²) in [5.41, 5.74) is 2.32. The number of hydrogen-bond donors (Lipinski definition) is 3. The third-order valence-electron chi connectivity index (χ3n) is 4.98. The molecule has 3 rings (SSSR count). The molecular weight excluding hydrogens is 416 g/mol. The monoisotopic (exact) mass is 442 g/mol. The molecule has 8 nitrogen and oxygen atoms in total. The second kappa shape index (κ2) is 9.32. The summed E-state index contributed by atoms with van der Waals surface area (Å²) < 4.78 is 26.3. The summed E-state index contributed by atoms with van der Waals surface area (Å²) in [5, 5.41) is 6.44. The maximum Gasteiger partial charge on any atom is 0.243 e. The predicted octanol–water partition coefficient (Wildman–Crippen LogP) is 1.78. The molecule has 1 heterocycles. The molecule has 0 aliphatic rings. The maximum atomic E-state index is 12.9. The van der Waals surface area contributed by atoms with Crippen LogP contribution in [0.15, 0.2) is 59.6 Å². The van der Waals surface area contributed by atoms with Gasteiger partial charge in [-0.25, -0.2) is 12.7 Å². The molecule has 164 valence electrons. The molecule has 2 aromatic carbocycles. The third-order valence-corrected chi connectivity index (χ3v) is 6.89. The average molecular weight is 443 g/mol. The Labute approximate surface area is 181 Å². The van der Waals surface area contributed by atoms with Crippen LogP contribution >= 0.6 is 0 Å². The Balaban J connectivity index is 1.79. The number of H-pyrrole nitrogens is 1. The summed E-state index contributed by atoms with van der Waals surface area (Å²) >= 11 is 0. The Hall–Kier alpha value is -3.17. The van der Waals surface area contributed by atoms with Crippen LogP contribution < -0.4 is 10.6 Å². The lowest BCUT2D eigenvalue weighted by molar-refractivity contribution is -0.128. The van der Waals surface area contributed by atoms with Gasteiger partial charge < -0.3 is 15.6 Å². The Bertz CT molecular complexity index is 1200. The lowest BCUT2D eigenvalue weighted by atomic mass is 10.0.